The summed E-state index contributed by atoms with van der Waals surface area (Å²) in [7, 11) is 0. The number of nitrogens with zero attached hydrogens (tertiary/aromatic N) is 2. The van der Waals surface area contributed by atoms with Crippen molar-refractivity contribution in [2.45, 2.75) is 43.8 Å². The standard InChI is InChI=1S/C24H32N2O2S/c1-18-14-25(15-19(2)28-18)16-20-9-11-26(12-10-20)24(27)17-29-23-8-7-21-5-3-4-6-22(21)13-23/h3-8,13,18-20H,9-12,14-17H2,1-2H3. The second kappa shape index (κ2) is 9.50. The average Bonchev–Trinajstić information content (AvgIpc) is 2.71. The van der Waals surface area contributed by atoms with Crippen molar-refractivity contribution in [3.8, 4) is 0 Å². The number of morpholine rings is 1. The summed E-state index contributed by atoms with van der Waals surface area (Å²) in [6, 6.07) is 14.8. The van der Waals surface area contributed by atoms with Crippen LogP contribution in [-0.4, -0.2) is 66.4 Å². The van der Waals surface area contributed by atoms with Gasteiger partial charge in [-0.15, -0.1) is 11.8 Å². The Kier molecular flexibility index (Phi) is 6.78. The third-order valence-corrected chi connectivity index (χ3v) is 7.04. The molecule has 5 heteroatoms. The topological polar surface area (TPSA) is 32.8 Å². The Morgan fingerprint density at radius 3 is 2.45 bits per heavy atom. The maximum atomic E-state index is 12.7. The average molecular weight is 413 g/mol. The molecule has 0 saturated carbocycles. The largest absolute Gasteiger partial charge is 0.373 e. The number of benzene rings is 2. The van der Waals surface area contributed by atoms with Crippen LogP contribution in [0.25, 0.3) is 10.8 Å². The van der Waals surface area contributed by atoms with E-state index in [4.69, 9.17) is 4.74 Å². The normalized spacial score (nSPS) is 24.1. The molecule has 156 valence electrons. The van der Waals surface area contributed by atoms with Crippen LogP contribution >= 0.6 is 11.8 Å². The molecule has 1 amide bonds. The number of carbonyl (C=O) groups excluding carboxylic acids is 1. The van der Waals surface area contributed by atoms with Crippen LogP contribution in [0.15, 0.2) is 47.4 Å². The number of fused-ring (bicyclic) bond motifs is 1. The van der Waals surface area contributed by atoms with Gasteiger partial charge in [-0.1, -0.05) is 30.3 Å². The SMILES string of the molecule is CC1CN(CC2CCN(C(=O)CSc3ccc4ccccc4c3)CC2)CC(C)O1. The van der Waals surface area contributed by atoms with Gasteiger partial charge in [0.15, 0.2) is 0 Å². The van der Waals surface area contributed by atoms with Crippen LogP contribution in [0.2, 0.25) is 0 Å². The third-order valence-electron chi connectivity index (χ3n) is 6.06. The Bertz CT molecular complexity index is 824. The van der Waals surface area contributed by atoms with E-state index in [2.05, 4.69) is 66.1 Å². The molecule has 2 unspecified atom stereocenters. The van der Waals surface area contributed by atoms with Gasteiger partial charge < -0.3 is 9.64 Å². The van der Waals surface area contributed by atoms with Crippen LogP contribution in [0.5, 0.6) is 0 Å². The minimum atomic E-state index is 0.273. The summed E-state index contributed by atoms with van der Waals surface area (Å²) < 4.78 is 5.84. The van der Waals surface area contributed by atoms with Gasteiger partial charge in [-0.2, -0.15) is 0 Å². The zero-order valence-electron chi connectivity index (χ0n) is 17.5. The van der Waals surface area contributed by atoms with E-state index in [-0.39, 0.29) is 5.91 Å². The van der Waals surface area contributed by atoms with Crippen molar-refractivity contribution in [2.75, 3.05) is 38.5 Å². The number of likely N-dealkylation sites (tertiary alicyclic amines) is 1. The molecule has 2 aliphatic heterocycles. The summed E-state index contributed by atoms with van der Waals surface area (Å²) >= 11 is 1.65. The van der Waals surface area contributed by atoms with Crippen molar-refractivity contribution in [1.82, 2.24) is 9.80 Å². The van der Waals surface area contributed by atoms with Crippen LogP contribution in [0.4, 0.5) is 0 Å². The van der Waals surface area contributed by atoms with Crippen molar-refractivity contribution in [3.05, 3.63) is 42.5 Å². The second-order valence-corrected chi connectivity index (χ2v) is 9.65. The van der Waals surface area contributed by atoms with Gasteiger partial charge in [-0.05, 0) is 55.5 Å². The minimum absolute atomic E-state index is 0.273. The molecule has 0 aromatic heterocycles. The molecule has 2 fully saturated rings. The van der Waals surface area contributed by atoms with Crippen LogP contribution in [0.1, 0.15) is 26.7 Å². The van der Waals surface area contributed by atoms with Gasteiger partial charge in [0.2, 0.25) is 5.91 Å². The summed E-state index contributed by atoms with van der Waals surface area (Å²) in [6.07, 6.45) is 2.89. The lowest BCUT2D eigenvalue weighted by Gasteiger charge is -2.39. The van der Waals surface area contributed by atoms with Gasteiger partial charge >= 0.3 is 0 Å². The van der Waals surface area contributed by atoms with Crippen LogP contribution in [0.3, 0.4) is 0 Å². The van der Waals surface area contributed by atoms with Gasteiger partial charge in [0.05, 0.1) is 18.0 Å². The van der Waals surface area contributed by atoms with Crippen molar-refractivity contribution < 1.29 is 9.53 Å². The lowest BCUT2D eigenvalue weighted by molar-refractivity contribution is -0.129. The van der Waals surface area contributed by atoms with Crippen LogP contribution in [-0.2, 0) is 9.53 Å². The van der Waals surface area contributed by atoms with Gasteiger partial charge in [0.1, 0.15) is 0 Å². The fourth-order valence-electron chi connectivity index (χ4n) is 4.66. The molecule has 0 aliphatic carbocycles. The Hall–Kier alpha value is -1.56. The van der Waals surface area contributed by atoms with Gasteiger partial charge in [0.25, 0.3) is 0 Å². The highest BCUT2D eigenvalue weighted by atomic mass is 32.2. The lowest BCUT2D eigenvalue weighted by atomic mass is 9.95. The molecule has 2 heterocycles. The first-order valence-electron chi connectivity index (χ1n) is 10.8. The Labute approximate surface area is 178 Å². The number of rotatable bonds is 5. The number of thioether (sulfide) groups is 1. The van der Waals surface area contributed by atoms with Crippen molar-refractivity contribution in [1.29, 1.82) is 0 Å². The molecule has 4 nitrogen and oxygen atoms in total. The molecule has 0 N–H and O–H groups in total. The van der Waals surface area contributed by atoms with Gasteiger partial charge in [-0.3, -0.25) is 9.69 Å². The first-order chi connectivity index (χ1) is 14.1. The van der Waals surface area contributed by atoms with E-state index in [0.717, 1.165) is 45.6 Å². The highest BCUT2D eigenvalue weighted by molar-refractivity contribution is 8.00. The molecule has 0 radical (unpaired) electrons. The summed E-state index contributed by atoms with van der Waals surface area (Å²) in [4.78, 5) is 18.5. The van der Waals surface area contributed by atoms with Crippen molar-refractivity contribution >= 4 is 28.4 Å². The van der Waals surface area contributed by atoms with Crippen LogP contribution in [0, 0.1) is 5.92 Å². The molecule has 2 aliphatic rings. The maximum Gasteiger partial charge on any atom is 0.232 e. The Balaban J connectivity index is 1.22. The van der Waals surface area contributed by atoms with Gasteiger partial charge in [-0.25, -0.2) is 0 Å². The number of amides is 1. The summed E-state index contributed by atoms with van der Waals surface area (Å²) in [5.74, 6) is 1.50. The fraction of sp³-hybridized carbons (Fsp3) is 0.542. The van der Waals surface area contributed by atoms with E-state index in [9.17, 15) is 4.79 Å². The zero-order chi connectivity index (χ0) is 20.2. The molecule has 29 heavy (non-hydrogen) atoms. The summed E-state index contributed by atoms with van der Waals surface area (Å²) in [5, 5.41) is 2.48. The van der Waals surface area contributed by atoms with E-state index >= 15 is 0 Å². The number of piperidine rings is 1. The quantitative estimate of drug-likeness (QED) is 0.686. The summed E-state index contributed by atoms with van der Waals surface area (Å²) in [5.41, 5.74) is 0. The molecule has 2 aromatic rings. The van der Waals surface area contributed by atoms with E-state index in [1.807, 2.05) is 0 Å². The van der Waals surface area contributed by atoms with E-state index in [1.165, 1.54) is 15.7 Å². The predicted octanol–water partition coefficient (Wildman–Crippen LogP) is 4.28. The smallest absolute Gasteiger partial charge is 0.232 e. The maximum absolute atomic E-state index is 12.7. The monoisotopic (exact) mass is 412 g/mol. The molecule has 4 rings (SSSR count). The molecule has 2 saturated heterocycles. The van der Waals surface area contributed by atoms with E-state index in [1.54, 1.807) is 11.8 Å². The van der Waals surface area contributed by atoms with Gasteiger partial charge in [0, 0.05) is 37.6 Å². The molecular weight excluding hydrogens is 380 g/mol. The third kappa shape index (κ3) is 5.53. The Morgan fingerprint density at radius 1 is 1.03 bits per heavy atom. The van der Waals surface area contributed by atoms with E-state index in [0.29, 0.717) is 23.9 Å². The zero-order valence-corrected chi connectivity index (χ0v) is 18.4. The summed E-state index contributed by atoms with van der Waals surface area (Å²) in [6.45, 7) is 9.34. The molecule has 2 aromatic carbocycles. The molecular formula is C24H32N2O2S. The highest BCUT2D eigenvalue weighted by Gasteiger charge is 2.27. The number of ether oxygens (including phenoxy) is 1. The fourth-order valence-corrected chi connectivity index (χ4v) is 5.50. The molecule has 2 atom stereocenters. The minimum Gasteiger partial charge on any atom is -0.373 e. The number of hydrogen-bond donors (Lipinski definition) is 0. The second-order valence-electron chi connectivity index (χ2n) is 8.60. The predicted molar refractivity (Wildman–Crippen MR) is 120 cm³/mol. The number of carbonyl (C=O) groups is 1. The first-order valence-corrected chi connectivity index (χ1v) is 11.8. The van der Waals surface area contributed by atoms with Crippen molar-refractivity contribution in [3.63, 3.8) is 0 Å². The lowest BCUT2D eigenvalue weighted by Crippen LogP contribution is -2.48. The van der Waals surface area contributed by atoms with Crippen molar-refractivity contribution in [2.24, 2.45) is 5.92 Å². The molecule has 0 spiro atoms. The van der Waals surface area contributed by atoms with E-state index < -0.39 is 0 Å². The van der Waals surface area contributed by atoms with Crippen LogP contribution < -0.4 is 0 Å². The number of hydrogen-bond acceptors (Lipinski definition) is 4. The first kappa shape index (κ1) is 20.7. The highest BCUT2D eigenvalue weighted by Crippen LogP contribution is 2.25. The molecule has 0 bridgehead atoms. The Morgan fingerprint density at radius 2 is 1.72 bits per heavy atom.